The number of ether oxygens (including phenoxy) is 1. The summed E-state index contributed by atoms with van der Waals surface area (Å²) in [6.07, 6.45) is 3.02. The van der Waals surface area contributed by atoms with Gasteiger partial charge in [-0.25, -0.2) is 4.79 Å². The molecule has 2 aromatic heterocycles. The van der Waals surface area contributed by atoms with E-state index >= 15 is 0 Å². The van der Waals surface area contributed by atoms with Crippen LogP contribution in [0.5, 0.6) is 0 Å². The molecule has 0 spiro atoms. The largest absolute Gasteiger partial charge is 0.459 e. The highest BCUT2D eigenvalue weighted by molar-refractivity contribution is 9.10. The van der Waals surface area contributed by atoms with Crippen molar-refractivity contribution in [2.45, 2.75) is 45.8 Å². The summed E-state index contributed by atoms with van der Waals surface area (Å²) in [6.45, 7) is 11.4. The first-order chi connectivity index (χ1) is 12.3. The van der Waals surface area contributed by atoms with Crippen molar-refractivity contribution in [2.24, 2.45) is 0 Å². The van der Waals surface area contributed by atoms with Gasteiger partial charge in [-0.15, -0.1) is 0 Å². The van der Waals surface area contributed by atoms with Gasteiger partial charge in [0.2, 0.25) is 0 Å². The van der Waals surface area contributed by atoms with E-state index in [9.17, 15) is 9.90 Å². The van der Waals surface area contributed by atoms with Crippen molar-refractivity contribution in [1.29, 1.82) is 0 Å². The molecule has 5 nitrogen and oxygen atoms in total. The first-order valence-corrected chi connectivity index (χ1v) is 9.71. The topological polar surface area (TPSA) is 54.2 Å². The van der Waals surface area contributed by atoms with E-state index in [1.54, 1.807) is 0 Å². The molecule has 0 saturated carbocycles. The maximum Gasteiger partial charge on any atom is 0.338 e. The molecule has 2 aromatic rings. The highest BCUT2D eigenvalue weighted by Gasteiger charge is 2.24. The van der Waals surface area contributed by atoms with Gasteiger partial charge in [0.15, 0.2) is 0 Å². The number of hydrogen-bond donors (Lipinski definition) is 1. The zero-order chi connectivity index (χ0) is 19.0. The molecule has 140 valence electrons. The number of nitrogens with zero attached hydrogens (tertiary/aromatic N) is 2. The van der Waals surface area contributed by atoms with E-state index in [0.717, 1.165) is 52.9 Å². The fourth-order valence-corrected chi connectivity index (χ4v) is 3.89. The number of rotatable bonds is 4. The quantitative estimate of drug-likeness (QED) is 0.759. The van der Waals surface area contributed by atoms with E-state index in [-0.39, 0.29) is 18.2 Å². The number of carbonyl (C=O) groups excluding carboxylic acids is 1. The van der Waals surface area contributed by atoms with Gasteiger partial charge in [0.1, 0.15) is 0 Å². The lowest BCUT2D eigenvalue weighted by Gasteiger charge is -2.34. The second-order valence-electron chi connectivity index (χ2n) is 7.10. The van der Waals surface area contributed by atoms with Gasteiger partial charge < -0.3 is 19.1 Å². The van der Waals surface area contributed by atoms with Crippen LogP contribution < -0.4 is 0 Å². The van der Waals surface area contributed by atoms with E-state index < -0.39 is 0 Å². The number of pyridine rings is 1. The summed E-state index contributed by atoms with van der Waals surface area (Å²) in [6, 6.07) is 3.84. The van der Waals surface area contributed by atoms with Crippen molar-refractivity contribution in [3.8, 4) is 0 Å². The highest BCUT2D eigenvalue weighted by Crippen LogP contribution is 2.30. The van der Waals surface area contributed by atoms with Crippen LogP contribution in [0.3, 0.4) is 0 Å². The molecule has 0 radical (unpaired) electrons. The fourth-order valence-electron chi connectivity index (χ4n) is 3.45. The minimum absolute atomic E-state index is 0.174. The van der Waals surface area contributed by atoms with Gasteiger partial charge in [0, 0.05) is 29.3 Å². The SMILES string of the molecule is C=C(c1c(C)c(C(=O)OC(C)C)cc2cc(Br)cn12)N1CCC(O)CC1. The maximum absolute atomic E-state index is 12.6. The molecule has 1 N–H and O–H groups in total. The van der Waals surface area contributed by atoms with Gasteiger partial charge in [-0.3, -0.25) is 0 Å². The van der Waals surface area contributed by atoms with Crippen molar-refractivity contribution >= 4 is 33.1 Å². The predicted octanol–water partition coefficient (Wildman–Crippen LogP) is 4.00. The summed E-state index contributed by atoms with van der Waals surface area (Å²) in [5, 5.41) is 9.78. The first kappa shape index (κ1) is 19.0. The smallest absolute Gasteiger partial charge is 0.338 e. The van der Waals surface area contributed by atoms with Crippen LogP contribution in [-0.4, -0.2) is 45.7 Å². The van der Waals surface area contributed by atoms with Gasteiger partial charge in [0.25, 0.3) is 0 Å². The summed E-state index contributed by atoms with van der Waals surface area (Å²) < 4.78 is 8.42. The molecule has 0 amide bonds. The Bertz CT molecular complexity index is 848. The number of likely N-dealkylation sites (tertiary alicyclic amines) is 1. The molecule has 26 heavy (non-hydrogen) atoms. The van der Waals surface area contributed by atoms with Crippen LogP contribution in [0.1, 0.15) is 48.3 Å². The van der Waals surface area contributed by atoms with Crippen molar-refractivity contribution in [3.63, 3.8) is 0 Å². The summed E-state index contributed by atoms with van der Waals surface area (Å²) in [5.74, 6) is -0.319. The lowest BCUT2D eigenvalue weighted by Crippen LogP contribution is -2.35. The number of carbonyl (C=O) groups is 1. The molecule has 0 unspecified atom stereocenters. The molecule has 1 aliphatic heterocycles. The van der Waals surface area contributed by atoms with Crippen LogP contribution in [0.2, 0.25) is 0 Å². The number of esters is 1. The molecule has 1 fully saturated rings. The Morgan fingerprint density at radius 2 is 2.00 bits per heavy atom. The Hall–Kier alpha value is -1.79. The lowest BCUT2D eigenvalue weighted by atomic mass is 10.0. The second-order valence-corrected chi connectivity index (χ2v) is 8.02. The van der Waals surface area contributed by atoms with Gasteiger partial charge >= 0.3 is 5.97 Å². The molecule has 6 heteroatoms. The Morgan fingerprint density at radius 3 is 2.62 bits per heavy atom. The molecule has 3 rings (SSSR count). The molecule has 0 aliphatic carbocycles. The zero-order valence-corrected chi connectivity index (χ0v) is 17.0. The molecule has 1 aliphatic rings. The third kappa shape index (κ3) is 3.67. The first-order valence-electron chi connectivity index (χ1n) is 8.92. The molecule has 0 aromatic carbocycles. The van der Waals surface area contributed by atoms with Crippen LogP contribution in [0.15, 0.2) is 29.4 Å². The van der Waals surface area contributed by atoms with Crippen LogP contribution in [0.25, 0.3) is 11.2 Å². The third-order valence-electron chi connectivity index (χ3n) is 4.79. The number of fused-ring (bicyclic) bond motifs is 1. The number of hydrogen-bond acceptors (Lipinski definition) is 4. The molecular formula is C20H25BrN2O3. The van der Waals surface area contributed by atoms with Gasteiger partial charge in [-0.1, -0.05) is 6.58 Å². The molecule has 0 bridgehead atoms. The van der Waals surface area contributed by atoms with E-state index in [1.165, 1.54) is 0 Å². The van der Waals surface area contributed by atoms with E-state index in [0.29, 0.717) is 5.56 Å². The Kier molecular flexibility index (Phi) is 5.44. The van der Waals surface area contributed by atoms with Crippen LogP contribution in [-0.2, 0) is 4.74 Å². The summed E-state index contributed by atoms with van der Waals surface area (Å²) in [4.78, 5) is 14.8. The number of aliphatic hydroxyl groups excluding tert-OH is 1. The fraction of sp³-hybridized carbons (Fsp3) is 0.450. The summed E-state index contributed by atoms with van der Waals surface area (Å²) in [5.41, 5.74) is 4.08. The molecular weight excluding hydrogens is 396 g/mol. The van der Waals surface area contributed by atoms with Gasteiger partial charge in [0.05, 0.1) is 29.2 Å². The van der Waals surface area contributed by atoms with E-state index in [2.05, 4.69) is 31.8 Å². The monoisotopic (exact) mass is 420 g/mol. The number of aromatic nitrogens is 1. The summed E-state index contributed by atoms with van der Waals surface area (Å²) >= 11 is 3.52. The van der Waals surface area contributed by atoms with Crippen molar-refractivity contribution < 1.29 is 14.6 Å². The van der Waals surface area contributed by atoms with E-state index in [1.807, 2.05) is 39.1 Å². The average Bonchev–Trinajstić information content (AvgIpc) is 2.93. The van der Waals surface area contributed by atoms with Crippen molar-refractivity contribution in [2.75, 3.05) is 13.1 Å². The van der Waals surface area contributed by atoms with Crippen molar-refractivity contribution in [3.05, 3.63) is 46.2 Å². The van der Waals surface area contributed by atoms with Gasteiger partial charge in [-0.05, 0) is 67.2 Å². The van der Waals surface area contributed by atoms with E-state index in [4.69, 9.17) is 4.74 Å². The average molecular weight is 421 g/mol. The van der Waals surface area contributed by atoms with Crippen LogP contribution in [0, 0.1) is 6.92 Å². The Morgan fingerprint density at radius 1 is 1.35 bits per heavy atom. The van der Waals surface area contributed by atoms with Crippen molar-refractivity contribution in [1.82, 2.24) is 9.30 Å². The molecule has 1 saturated heterocycles. The minimum atomic E-state index is -0.319. The zero-order valence-electron chi connectivity index (χ0n) is 15.5. The third-order valence-corrected chi connectivity index (χ3v) is 5.22. The normalized spacial score (nSPS) is 15.7. The Labute approximate surface area is 162 Å². The number of aliphatic hydroxyl groups is 1. The van der Waals surface area contributed by atoms with Crippen LogP contribution in [0.4, 0.5) is 0 Å². The number of halogens is 1. The van der Waals surface area contributed by atoms with Gasteiger partial charge in [-0.2, -0.15) is 0 Å². The Balaban J connectivity index is 2.08. The highest BCUT2D eigenvalue weighted by atomic mass is 79.9. The minimum Gasteiger partial charge on any atom is -0.459 e. The lowest BCUT2D eigenvalue weighted by molar-refractivity contribution is 0.0377. The van der Waals surface area contributed by atoms with Crippen LogP contribution >= 0.6 is 15.9 Å². The summed E-state index contributed by atoms with van der Waals surface area (Å²) in [7, 11) is 0. The maximum atomic E-state index is 12.6. The molecule has 0 atom stereocenters. The predicted molar refractivity (Wildman–Crippen MR) is 106 cm³/mol. The second kappa shape index (κ2) is 7.45. The standard InChI is InChI=1S/C20H25BrN2O3/c1-12(2)26-20(25)18-10-16-9-15(21)11-23(16)19(13(18)3)14(4)22-7-5-17(24)6-8-22/h9-12,17,24H,4-8H2,1-3H3. The molecule has 3 heterocycles. The number of piperidine rings is 1.